The highest BCUT2D eigenvalue weighted by Crippen LogP contribution is 2.39. The van der Waals surface area contributed by atoms with E-state index in [9.17, 15) is 14.7 Å². The molecule has 3 rings (SSSR count). The fraction of sp³-hybridized carbons (Fsp3) is 0.364. The number of fused-ring (bicyclic) bond motifs is 1. The van der Waals surface area contributed by atoms with Crippen molar-refractivity contribution < 1.29 is 14.7 Å². The largest absolute Gasteiger partial charge is 0.477 e. The Labute approximate surface area is 133 Å². The molecule has 22 heavy (non-hydrogen) atoms. The van der Waals surface area contributed by atoms with Crippen LogP contribution in [0.1, 0.15) is 0 Å². The van der Waals surface area contributed by atoms with Gasteiger partial charge in [0.15, 0.2) is 0 Å². The third-order valence-electron chi connectivity index (χ3n) is 3.27. The van der Waals surface area contributed by atoms with Crippen LogP contribution in [0.5, 0.6) is 0 Å². The van der Waals surface area contributed by atoms with Gasteiger partial charge in [0.05, 0.1) is 0 Å². The van der Waals surface area contributed by atoms with Gasteiger partial charge in [-0.15, -0.1) is 16.9 Å². The number of amides is 1. The maximum absolute atomic E-state index is 11.8. The molecule has 2 aliphatic rings. The van der Waals surface area contributed by atoms with Gasteiger partial charge in [-0.1, -0.05) is 11.8 Å². The van der Waals surface area contributed by atoms with Crippen molar-refractivity contribution in [1.82, 2.24) is 25.1 Å². The molecule has 11 heteroatoms. The smallest absolute Gasteiger partial charge is 0.352 e. The normalized spacial score (nSPS) is 24.6. The predicted molar refractivity (Wildman–Crippen MR) is 79.5 cm³/mol. The van der Waals surface area contributed by atoms with Crippen molar-refractivity contribution in [2.45, 2.75) is 16.6 Å². The molecule has 1 fully saturated rings. The molecule has 9 nitrogen and oxygen atoms in total. The van der Waals surface area contributed by atoms with Gasteiger partial charge in [0, 0.05) is 12.8 Å². The topological polar surface area (TPSA) is 127 Å². The van der Waals surface area contributed by atoms with Crippen LogP contribution in [0.15, 0.2) is 27.9 Å². The van der Waals surface area contributed by atoms with E-state index in [1.165, 1.54) is 33.1 Å². The summed E-state index contributed by atoms with van der Waals surface area (Å²) in [7, 11) is 1.71. The van der Waals surface area contributed by atoms with Gasteiger partial charge in [0.1, 0.15) is 17.1 Å². The monoisotopic (exact) mass is 340 g/mol. The van der Waals surface area contributed by atoms with Crippen LogP contribution in [-0.2, 0) is 16.6 Å². The molecule has 1 saturated heterocycles. The van der Waals surface area contributed by atoms with Gasteiger partial charge in [0.25, 0.3) is 0 Å². The number of rotatable bonds is 4. The van der Waals surface area contributed by atoms with Crippen LogP contribution >= 0.6 is 23.5 Å². The number of carbonyl (C=O) groups excluding carboxylic acids is 1. The van der Waals surface area contributed by atoms with E-state index < -0.39 is 12.0 Å². The molecule has 3 N–H and O–H groups in total. The molecule has 2 aliphatic heterocycles. The Morgan fingerprint density at radius 1 is 1.59 bits per heavy atom. The van der Waals surface area contributed by atoms with E-state index in [2.05, 4.69) is 15.5 Å². The number of aryl methyl sites for hydroxylation is 1. The van der Waals surface area contributed by atoms with Gasteiger partial charge in [0.2, 0.25) is 11.1 Å². The first-order chi connectivity index (χ1) is 10.5. The fourth-order valence-electron chi connectivity index (χ4n) is 2.17. The van der Waals surface area contributed by atoms with E-state index >= 15 is 0 Å². The molecule has 1 aromatic heterocycles. The molecule has 0 radical (unpaired) electrons. The lowest BCUT2D eigenvalue weighted by molar-refractivity contribution is -0.147. The predicted octanol–water partition coefficient (Wildman–Crippen LogP) is -0.603. The average molecular weight is 340 g/mol. The van der Waals surface area contributed by atoms with E-state index in [-0.39, 0.29) is 17.0 Å². The van der Waals surface area contributed by atoms with Crippen molar-refractivity contribution in [2.24, 2.45) is 12.8 Å². The number of carboxylic acid groups (broad SMARTS) is 1. The first kappa shape index (κ1) is 15.1. The molecule has 0 aromatic carbocycles. The van der Waals surface area contributed by atoms with Crippen LogP contribution in [-0.4, -0.2) is 59.3 Å². The third kappa shape index (κ3) is 2.40. The molecule has 1 amide bonds. The summed E-state index contributed by atoms with van der Waals surface area (Å²) < 4.78 is 1.51. The van der Waals surface area contributed by atoms with Crippen LogP contribution < -0.4 is 5.73 Å². The second kappa shape index (κ2) is 5.74. The minimum atomic E-state index is -1.13. The summed E-state index contributed by atoms with van der Waals surface area (Å²) in [6.07, 6.45) is 1.67. The summed E-state index contributed by atoms with van der Waals surface area (Å²) in [6, 6.07) is -0.621. The van der Waals surface area contributed by atoms with Crippen molar-refractivity contribution in [3.63, 3.8) is 0 Å². The standard InChI is InChI=1S/C11H12N6O3S2/c1-16-11(13-14-15-16)21-3-2-5-4-22-9-6(12)8(18)17(9)7(5)10(19)20/h2-3,6,9H,4,12H2,1H3,(H,19,20). The zero-order valence-corrected chi connectivity index (χ0v) is 13.0. The number of nitrogens with two attached hydrogens (primary N) is 1. The molecule has 3 heterocycles. The Morgan fingerprint density at radius 3 is 3.00 bits per heavy atom. The molecular formula is C11H12N6O3S2. The third-order valence-corrected chi connectivity index (χ3v) is 5.42. The molecule has 0 spiro atoms. The number of carbonyl (C=O) groups is 2. The molecular weight excluding hydrogens is 328 g/mol. The van der Waals surface area contributed by atoms with Crippen LogP contribution in [0.4, 0.5) is 0 Å². The molecule has 2 unspecified atom stereocenters. The highest BCUT2D eigenvalue weighted by Gasteiger charge is 2.51. The van der Waals surface area contributed by atoms with Gasteiger partial charge < -0.3 is 10.8 Å². The molecule has 1 aromatic rings. The Balaban J connectivity index is 1.82. The average Bonchev–Trinajstić information content (AvgIpc) is 2.91. The van der Waals surface area contributed by atoms with E-state index in [1.54, 1.807) is 18.5 Å². The lowest BCUT2D eigenvalue weighted by atomic mass is 10.0. The Bertz CT molecular complexity index is 700. The van der Waals surface area contributed by atoms with E-state index in [4.69, 9.17) is 5.73 Å². The fourth-order valence-corrected chi connectivity index (χ4v) is 4.06. The second-order valence-corrected chi connectivity index (χ2v) is 6.60. The second-order valence-electron chi connectivity index (χ2n) is 4.62. The highest BCUT2D eigenvalue weighted by atomic mass is 32.2. The van der Waals surface area contributed by atoms with Gasteiger partial charge >= 0.3 is 5.97 Å². The summed E-state index contributed by atoms with van der Waals surface area (Å²) in [5, 5.41) is 22.4. The van der Waals surface area contributed by atoms with Crippen LogP contribution in [0, 0.1) is 0 Å². The summed E-state index contributed by atoms with van der Waals surface area (Å²) in [4.78, 5) is 24.5. The van der Waals surface area contributed by atoms with Gasteiger partial charge in [-0.25, -0.2) is 9.48 Å². The van der Waals surface area contributed by atoms with Crippen molar-refractivity contribution in [3.05, 3.63) is 22.8 Å². The van der Waals surface area contributed by atoms with E-state index in [0.29, 0.717) is 16.5 Å². The number of aromatic nitrogens is 4. The molecule has 2 atom stereocenters. The van der Waals surface area contributed by atoms with Gasteiger partial charge in [-0.2, -0.15) is 0 Å². The summed E-state index contributed by atoms with van der Waals surface area (Å²) in [5.41, 5.74) is 6.26. The zero-order valence-electron chi connectivity index (χ0n) is 11.4. The van der Waals surface area contributed by atoms with Gasteiger partial charge in [-0.05, 0) is 27.5 Å². The summed E-state index contributed by atoms with van der Waals surface area (Å²) >= 11 is 2.72. The van der Waals surface area contributed by atoms with Crippen LogP contribution in [0.3, 0.4) is 0 Å². The number of tetrazole rings is 1. The maximum Gasteiger partial charge on any atom is 0.352 e. The molecule has 116 valence electrons. The number of allylic oxidation sites excluding steroid dienone is 1. The molecule has 0 saturated carbocycles. The lowest BCUT2D eigenvalue weighted by Gasteiger charge is -2.47. The molecule has 0 aliphatic carbocycles. The summed E-state index contributed by atoms with van der Waals surface area (Å²) in [6.45, 7) is 0. The minimum absolute atomic E-state index is 0.00314. The van der Waals surface area contributed by atoms with Crippen molar-refractivity contribution in [3.8, 4) is 0 Å². The highest BCUT2D eigenvalue weighted by molar-refractivity contribution is 8.02. The molecule has 0 bridgehead atoms. The van der Waals surface area contributed by atoms with E-state index in [1.807, 2.05) is 0 Å². The minimum Gasteiger partial charge on any atom is -0.477 e. The Morgan fingerprint density at radius 2 is 2.36 bits per heavy atom. The first-order valence-corrected chi connectivity index (χ1v) is 8.16. The number of aliphatic carboxylic acids is 1. The Kier molecular flexibility index (Phi) is 3.93. The van der Waals surface area contributed by atoms with Crippen LogP contribution in [0.2, 0.25) is 0 Å². The number of hydrogen-bond acceptors (Lipinski definition) is 8. The summed E-state index contributed by atoms with van der Waals surface area (Å²) in [5.74, 6) is -1.00. The van der Waals surface area contributed by atoms with Crippen molar-refractivity contribution >= 4 is 35.4 Å². The number of hydrogen-bond donors (Lipinski definition) is 2. The SMILES string of the molecule is Cn1nnnc1SC=CC1=C(C(=O)O)N2C(=O)C(N)C2SC1. The quantitative estimate of drug-likeness (QED) is 0.545. The number of thioether (sulfide) groups is 2. The number of β-lactam (4-membered cyclic amide) rings is 1. The first-order valence-electron chi connectivity index (χ1n) is 6.23. The van der Waals surface area contributed by atoms with Crippen molar-refractivity contribution in [1.29, 1.82) is 0 Å². The Hall–Kier alpha value is -1.85. The lowest BCUT2D eigenvalue weighted by Crippen LogP contribution is -2.68. The van der Waals surface area contributed by atoms with Crippen LogP contribution in [0.25, 0.3) is 0 Å². The van der Waals surface area contributed by atoms with Crippen molar-refractivity contribution in [2.75, 3.05) is 5.75 Å². The number of carboxylic acids is 1. The number of nitrogens with zero attached hydrogens (tertiary/aromatic N) is 5. The zero-order chi connectivity index (χ0) is 15.9. The van der Waals surface area contributed by atoms with Gasteiger partial charge in [-0.3, -0.25) is 9.69 Å². The van der Waals surface area contributed by atoms with E-state index in [0.717, 1.165) is 0 Å². The maximum atomic E-state index is 11.8.